The molecule has 15 heavy (non-hydrogen) atoms. The lowest BCUT2D eigenvalue weighted by molar-refractivity contribution is 1.35. The molecule has 3 rings (SSSR count). The van der Waals surface area contributed by atoms with Crippen LogP contribution in [0, 0.1) is 11.3 Å². The lowest BCUT2D eigenvalue weighted by Crippen LogP contribution is -1.83. The maximum atomic E-state index is 8.87. The van der Waals surface area contributed by atoms with Crippen molar-refractivity contribution in [1.29, 1.82) is 5.26 Å². The number of hydrogen-bond donors (Lipinski definition) is 1. The predicted molar refractivity (Wildman–Crippen MR) is 56.1 cm³/mol. The maximum absolute atomic E-state index is 8.87. The van der Waals surface area contributed by atoms with Gasteiger partial charge in [-0.05, 0) is 12.1 Å². The van der Waals surface area contributed by atoms with Crippen molar-refractivity contribution in [1.82, 2.24) is 15.0 Å². The Morgan fingerprint density at radius 2 is 2.20 bits per heavy atom. The molecule has 0 radical (unpaired) electrons. The van der Waals surface area contributed by atoms with Crippen molar-refractivity contribution in [3.05, 3.63) is 36.3 Å². The van der Waals surface area contributed by atoms with Crippen LogP contribution in [-0.2, 0) is 0 Å². The van der Waals surface area contributed by atoms with Crippen LogP contribution in [-0.4, -0.2) is 15.0 Å². The molecule has 3 heterocycles. The number of pyridine rings is 2. The number of nitrogens with zero attached hydrogens (tertiary/aromatic N) is 3. The Morgan fingerprint density at radius 3 is 3.07 bits per heavy atom. The second-order valence-corrected chi connectivity index (χ2v) is 3.23. The van der Waals surface area contributed by atoms with Crippen molar-refractivity contribution in [2.45, 2.75) is 0 Å². The molecule has 0 aliphatic heterocycles. The number of aromatic nitrogens is 3. The van der Waals surface area contributed by atoms with Crippen LogP contribution in [0.4, 0.5) is 0 Å². The summed E-state index contributed by atoms with van der Waals surface area (Å²) in [5, 5.41) is 9.67. The van der Waals surface area contributed by atoms with Crippen LogP contribution in [0.15, 0.2) is 30.7 Å². The number of aromatic amines is 1. The average Bonchev–Trinajstić information content (AvgIpc) is 2.72. The average molecular weight is 194 g/mol. The monoisotopic (exact) mass is 194 g/mol. The Labute approximate surface area is 85.2 Å². The number of nitriles is 1. The molecule has 0 atom stereocenters. The highest BCUT2D eigenvalue weighted by atomic mass is 14.8. The van der Waals surface area contributed by atoms with Crippen LogP contribution in [0.3, 0.4) is 0 Å². The normalized spacial score (nSPS) is 10.6. The maximum Gasteiger partial charge on any atom is 0.102 e. The molecule has 0 aliphatic carbocycles. The van der Waals surface area contributed by atoms with Gasteiger partial charge in [0.05, 0.1) is 22.1 Å². The largest absolute Gasteiger partial charge is 0.358 e. The first-order valence-corrected chi connectivity index (χ1v) is 4.51. The molecule has 70 valence electrons. The number of hydrogen-bond acceptors (Lipinski definition) is 3. The Hall–Kier alpha value is -2.41. The molecule has 0 aromatic carbocycles. The van der Waals surface area contributed by atoms with Gasteiger partial charge >= 0.3 is 0 Å². The second-order valence-electron chi connectivity index (χ2n) is 3.23. The second kappa shape index (κ2) is 2.79. The highest BCUT2D eigenvalue weighted by Gasteiger charge is 2.07. The smallest absolute Gasteiger partial charge is 0.102 e. The fourth-order valence-electron chi connectivity index (χ4n) is 1.67. The Morgan fingerprint density at radius 1 is 1.27 bits per heavy atom. The molecule has 4 nitrogen and oxygen atoms in total. The quantitative estimate of drug-likeness (QED) is 0.595. The van der Waals surface area contributed by atoms with Crippen molar-refractivity contribution < 1.29 is 0 Å². The fraction of sp³-hybridized carbons (Fsp3) is 0. The summed E-state index contributed by atoms with van der Waals surface area (Å²) in [5.74, 6) is 0. The van der Waals surface area contributed by atoms with Crippen molar-refractivity contribution in [3.63, 3.8) is 0 Å². The van der Waals surface area contributed by atoms with Crippen LogP contribution in [0.25, 0.3) is 21.9 Å². The van der Waals surface area contributed by atoms with Gasteiger partial charge in [-0.25, -0.2) is 0 Å². The van der Waals surface area contributed by atoms with Crippen molar-refractivity contribution in [2.24, 2.45) is 0 Å². The van der Waals surface area contributed by atoms with E-state index in [0.717, 1.165) is 21.9 Å². The molecular weight excluding hydrogens is 188 g/mol. The van der Waals surface area contributed by atoms with Crippen molar-refractivity contribution in [3.8, 4) is 6.07 Å². The van der Waals surface area contributed by atoms with Gasteiger partial charge in [-0.1, -0.05) is 0 Å². The zero-order valence-corrected chi connectivity index (χ0v) is 7.73. The summed E-state index contributed by atoms with van der Waals surface area (Å²) in [6, 6.07) is 5.89. The molecular formula is C11H6N4. The summed E-state index contributed by atoms with van der Waals surface area (Å²) in [4.78, 5) is 11.6. The van der Waals surface area contributed by atoms with E-state index in [1.165, 1.54) is 0 Å². The summed E-state index contributed by atoms with van der Waals surface area (Å²) in [6.45, 7) is 0. The number of H-pyrrole nitrogens is 1. The number of nitrogens with one attached hydrogen (secondary N) is 1. The van der Waals surface area contributed by atoms with Gasteiger partial charge in [-0.2, -0.15) is 5.26 Å². The van der Waals surface area contributed by atoms with Gasteiger partial charge in [0.2, 0.25) is 0 Å². The van der Waals surface area contributed by atoms with Gasteiger partial charge in [0.25, 0.3) is 0 Å². The molecule has 1 N–H and O–H groups in total. The summed E-state index contributed by atoms with van der Waals surface area (Å²) in [6.07, 6.45) is 5.09. The first-order valence-electron chi connectivity index (χ1n) is 4.51. The number of rotatable bonds is 0. The van der Waals surface area contributed by atoms with E-state index >= 15 is 0 Å². The molecule has 0 bridgehead atoms. The van der Waals surface area contributed by atoms with E-state index in [-0.39, 0.29) is 0 Å². The molecule has 0 aliphatic rings. The summed E-state index contributed by atoms with van der Waals surface area (Å²) in [5.41, 5.74) is 3.10. The van der Waals surface area contributed by atoms with Gasteiger partial charge in [0, 0.05) is 24.0 Å². The van der Waals surface area contributed by atoms with Crippen LogP contribution < -0.4 is 0 Å². The Bertz CT molecular complexity index is 690. The van der Waals surface area contributed by atoms with Crippen LogP contribution >= 0.6 is 0 Å². The minimum absolute atomic E-state index is 0.566. The molecule has 3 aromatic rings. The van der Waals surface area contributed by atoms with E-state index in [4.69, 9.17) is 5.26 Å². The summed E-state index contributed by atoms with van der Waals surface area (Å²) < 4.78 is 0. The zero-order chi connectivity index (χ0) is 10.3. The minimum atomic E-state index is 0.566. The highest BCUT2D eigenvalue weighted by Crippen LogP contribution is 2.22. The first kappa shape index (κ1) is 7.94. The van der Waals surface area contributed by atoms with Crippen LogP contribution in [0.1, 0.15) is 5.56 Å². The van der Waals surface area contributed by atoms with Gasteiger partial charge in [0.15, 0.2) is 0 Å². The first-order chi connectivity index (χ1) is 7.40. The fourth-order valence-corrected chi connectivity index (χ4v) is 1.67. The Kier molecular flexibility index (Phi) is 1.48. The van der Waals surface area contributed by atoms with Crippen LogP contribution in [0.2, 0.25) is 0 Å². The molecule has 4 heteroatoms. The Balaban J connectivity index is 2.57. The third-order valence-electron chi connectivity index (χ3n) is 2.39. The SMILES string of the molecule is N#Cc1cnc2c1cnc1ccc[nH]c12. The minimum Gasteiger partial charge on any atom is -0.358 e. The molecule has 0 saturated heterocycles. The lowest BCUT2D eigenvalue weighted by atomic mass is 10.2. The van der Waals surface area contributed by atoms with Gasteiger partial charge in [0.1, 0.15) is 6.07 Å². The third kappa shape index (κ3) is 1.00. The topological polar surface area (TPSA) is 65.4 Å². The molecule has 0 spiro atoms. The molecule has 0 unspecified atom stereocenters. The van der Waals surface area contributed by atoms with Crippen LogP contribution in [0.5, 0.6) is 0 Å². The standard InChI is InChI=1S/C11H6N4/c12-4-7-5-15-10-8(7)6-14-9-2-1-3-13-11(9)10/h1-3,5-6,13H. The molecule has 3 aromatic heterocycles. The third-order valence-corrected chi connectivity index (χ3v) is 2.39. The highest BCUT2D eigenvalue weighted by molar-refractivity contribution is 6.02. The summed E-state index contributed by atoms with van der Waals surface area (Å²) in [7, 11) is 0. The zero-order valence-electron chi connectivity index (χ0n) is 7.73. The van der Waals surface area contributed by atoms with E-state index in [2.05, 4.69) is 21.0 Å². The van der Waals surface area contributed by atoms with Gasteiger partial charge in [-0.3, -0.25) is 9.97 Å². The van der Waals surface area contributed by atoms with Gasteiger partial charge in [-0.15, -0.1) is 0 Å². The number of fused-ring (bicyclic) bond motifs is 3. The van der Waals surface area contributed by atoms with Crippen molar-refractivity contribution in [2.75, 3.05) is 0 Å². The summed E-state index contributed by atoms with van der Waals surface area (Å²) >= 11 is 0. The van der Waals surface area contributed by atoms with E-state index in [0.29, 0.717) is 5.56 Å². The van der Waals surface area contributed by atoms with E-state index < -0.39 is 0 Å². The van der Waals surface area contributed by atoms with Gasteiger partial charge < -0.3 is 4.98 Å². The predicted octanol–water partition coefficient (Wildman–Crippen LogP) is 1.98. The molecule has 0 fully saturated rings. The van der Waals surface area contributed by atoms with E-state index in [1.807, 2.05) is 18.3 Å². The van der Waals surface area contributed by atoms with E-state index in [1.54, 1.807) is 12.4 Å². The molecule has 0 amide bonds. The lowest BCUT2D eigenvalue weighted by Gasteiger charge is -1.97. The molecule has 0 saturated carbocycles. The van der Waals surface area contributed by atoms with E-state index in [9.17, 15) is 0 Å². The van der Waals surface area contributed by atoms with Crippen molar-refractivity contribution >= 4 is 21.9 Å².